The SMILES string of the molecule is C.CCCCc1ccccc1S(N)(=O)=O. The Morgan fingerprint density at radius 3 is 2.40 bits per heavy atom. The Bertz CT molecular complexity index is 399. The molecule has 0 atom stereocenters. The fourth-order valence-corrected chi connectivity index (χ4v) is 2.16. The van der Waals surface area contributed by atoms with E-state index in [2.05, 4.69) is 6.92 Å². The van der Waals surface area contributed by atoms with Crippen molar-refractivity contribution in [1.29, 1.82) is 0 Å². The van der Waals surface area contributed by atoms with Crippen LogP contribution in [0.5, 0.6) is 0 Å². The van der Waals surface area contributed by atoms with Gasteiger partial charge in [0.05, 0.1) is 4.90 Å². The van der Waals surface area contributed by atoms with E-state index in [4.69, 9.17) is 5.14 Å². The molecule has 0 saturated heterocycles. The minimum absolute atomic E-state index is 0. The predicted octanol–water partition coefficient (Wildman–Crippen LogP) is 2.31. The van der Waals surface area contributed by atoms with Crippen molar-refractivity contribution < 1.29 is 8.42 Å². The summed E-state index contributed by atoms with van der Waals surface area (Å²) in [6.45, 7) is 2.07. The van der Waals surface area contributed by atoms with Gasteiger partial charge in [0.1, 0.15) is 0 Å². The van der Waals surface area contributed by atoms with Crippen LogP contribution in [0.1, 0.15) is 32.8 Å². The zero-order chi connectivity index (χ0) is 10.6. The number of primary sulfonamides is 1. The van der Waals surface area contributed by atoms with Crippen LogP contribution in [0.25, 0.3) is 0 Å². The molecule has 15 heavy (non-hydrogen) atoms. The largest absolute Gasteiger partial charge is 0.238 e. The second-order valence-electron chi connectivity index (χ2n) is 3.26. The van der Waals surface area contributed by atoms with E-state index in [1.165, 1.54) is 0 Å². The molecule has 1 rings (SSSR count). The third kappa shape index (κ3) is 4.01. The summed E-state index contributed by atoms with van der Waals surface area (Å²) in [4.78, 5) is 0.258. The third-order valence-corrected chi connectivity index (χ3v) is 3.09. The Balaban J connectivity index is 0.00000196. The molecule has 0 aliphatic heterocycles. The summed E-state index contributed by atoms with van der Waals surface area (Å²) in [5, 5.41) is 5.10. The van der Waals surface area contributed by atoms with Gasteiger partial charge in [-0.05, 0) is 24.5 Å². The molecule has 0 unspecified atom stereocenters. The second kappa shape index (κ2) is 5.88. The van der Waals surface area contributed by atoms with Gasteiger partial charge >= 0.3 is 0 Å². The van der Waals surface area contributed by atoms with Crippen LogP contribution < -0.4 is 5.14 Å². The number of sulfonamides is 1. The molecule has 0 spiro atoms. The van der Waals surface area contributed by atoms with Gasteiger partial charge in [0.25, 0.3) is 0 Å². The number of rotatable bonds is 4. The fraction of sp³-hybridized carbons (Fsp3) is 0.455. The highest BCUT2D eigenvalue weighted by Crippen LogP contribution is 2.15. The lowest BCUT2D eigenvalue weighted by Crippen LogP contribution is -2.14. The maximum Gasteiger partial charge on any atom is 0.238 e. The van der Waals surface area contributed by atoms with Crippen LogP contribution in [-0.2, 0) is 16.4 Å². The smallest absolute Gasteiger partial charge is 0.225 e. The average Bonchev–Trinajstić information content (AvgIpc) is 2.14. The van der Waals surface area contributed by atoms with Crippen LogP contribution in [0.4, 0.5) is 0 Å². The number of hydrogen-bond acceptors (Lipinski definition) is 2. The Morgan fingerprint density at radius 1 is 1.27 bits per heavy atom. The lowest BCUT2D eigenvalue weighted by Gasteiger charge is -2.05. The molecule has 0 aromatic heterocycles. The van der Waals surface area contributed by atoms with Gasteiger partial charge in [-0.1, -0.05) is 39.0 Å². The van der Waals surface area contributed by atoms with Crippen molar-refractivity contribution in [2.45, 2.75) is 38.5 Å². The number of aryl methyl sites for hydroxylation is 1. The second-order valence-corrected chi connectivity index (χ2v) is 4.79. The van der Waals surface area contributed by atoms with E-state index in [9.17, 15) is 8.42 Å². The third-order valence-electron chi connectivity index (χ3n) is 2.08. The van der Waals surface area contributed by atoms with E-state index in [0.717, 1.165) is 24.8 Å². The molecule has 0 radical (unpaired) electrons. The zero-order valence-electron chi connectivity index (χ0n) is 8.23. The highest BCUT2D eigenvalue weighted by atomic mass is 32.2. The van der Waals surface area contributed by atoms with Crippen molar-refractivity contribution in [3.05, 3.63) is 29.8 Å². The summed E-state index contributed by atoms with van der Waals surface area (Å²) in [5.74, 6) is 0. The van der Waals surface area contributed by atoms with Gasteiger partial charge in [-0.3, -0.25) is 0 Å². The minimum Gasteiger partial charge on any atom is -0.225 e. The molecule has 0 bridgehead atoms. The van der Waals surface area contributed by atoms with Gasteiger partial charge in [0.2, 0.25) is 10.0 Å². The zero-order valence-corrected chi connectivity index (χ0v) is 9.05. The molecule has 0 aliphatic carbocycles. The molecule has 0 heterocycles. The monoisotopic (exact) mass is 229 g/mol. The van der Waals surface area contributed by atoms with Crippen molar-refractivity contribution in [2.24, 2.45) is 5.14 Å². The van der Waals surface area contributed by atoms with Crippen LogP contribution in [0.2, 0.25) is 0 Å². The first-order chi connectivity index (χ1) is 6.55. The van der Waals surface area contributed by atoms with E-state index in [1.54, 1.807) is 12.1 Å². The number of unbranched alkanes of at least 4 members (excludes halogenated alkanes) is 1. The number of nitrogens with two attached hydrogens (primary N) is 1. The summed E-state index contributed by atoms with van der Waals surface area (Å²) in [6, 6.07) is 6.89. The molecule has 0 fully saturated rings. The Morgan fingerprint density at radius 2 is 1.87 bits per heavy atom. The maximum absolute atomic E-state index is 11.2. The highest BCUT2D eigenvalue weighted by Gasteiger charge is 2.11. The molecule has 2 N–H and O–H groups in total. The van der Waals surface area contributed by atoms with Gasteiger partial charge in [-0.15, -0.1) is 0 Å². The van der Waals surface area contributed by atoms with E-state index in [0.29, 0.717) is 0 Å². The van der Waals surface area contributed by atoms with Gasteiger partial charge in [-0.2, -0.15) is 0 Å². The molecular formula is C11H19NO2S. The Hall–Kier alpha value is -0.870. The normalized spacial score (nSPS) is 10.8. The van der Waals surface area contributed by atoms with Gasteiger partial charge in [0, 0.05) is 0 Å². The van der Waals surface area contributed by atoms with Crippen molar-refractivity contribution in [2.75, 3.05) is 0 Å². The average molecular weight is 229 g/mol. The first kappa shape index (κ1) is 14.1. The van der Waals surface area contributed by atoms with Crippen LogP contribution in [0.15, 0.2) is 29.2 Å². The summed E-state index contributed by atoms with van der Waals surface area (Å²) >= 11 is 0. The predicted molar refractivity (Wildman–Crippen MR) is 63.2 cm³/mol. The number of hydrogen-bond donors (Lipinski definition) is 1. The van der Waals surface area contributed by atoms with Crippen LogP contribution in [0, 0.1) is 0 Å². The molecule has 3 nitrogen and oxygen atoms in total. The topological polar surface area (TPSA) is 60.2 Å². The Kier molecular flexibility index (Phi) is 5.54. The van der Waals surface area contributed by atoms with Crippen molar-refractivity contribution >= 4 is 10.0 Å². The lowest BCUT2D eigenvalue weighted by atomic mass is 10.1. The Labute approximate surface area is 92.4 Å². The van der Waals surface area contributed by atoms with Gasteiger partial charge in [-0.25, -0.2) is 13.6 Å². The molecule has 1 aromatic carbocycles. The standard InChI is InChI=1S/C10H15NO2S.CH4/c1-2-3-6-9-7-4-5-8-10(9)14(11,12)13;/h4-5,7-8H,2-3,6H2,1H3,(H2,11,12,13);1H4. The number of benzene rings is 1. The van der Waals surface area contributed by atoms with Gasteiger partial charge < -0.3 is 0 Å². The van der Waals surface area contributed by atoms with E-state index >= 15 is 0 Å². The fourth-order valence-electron chi connectivity index (χ4n) is 1.36. The quantitative estimate of drug-likeness (QED) is 0.861. The summed E-state index contributed by atoms with van der Waals surface area (Å²) < 4.78 is 22.4. The van der Waals surface area contributed by atoms with E-state index in [1.807, 2.05) is 12.1 Å². The van der Waals surface area contributed by atoms with Crippen LogP contribution in [-0.4, -0.2) is 8.42 Å². The molecule has 86 valence electrons. The van der Waals surface area contributed by atoms with Crippen LogP contribution in [0.3, 0.4) is 0 Å². The summed E-state index contributed by atoms with van der Waals surface area (Å²) in [7, 11) is -3.56. The van der Waals surface area contributed by atoms with Crippen molar-refractivity contribution in [3.63, 3.8) is 0 Å². The van der Waals surface area contributed by atoms with Gasteiger partial charge in [0.15, 0.2) is 0 Å². The van der Waals surface area contributed by atoms with Crippen LogP contribution >= 0.6 is 0 Å². The van der Waals surface area contributed by atoms with E-state index in [-0.39, 0.29) is 12.3 Å². The molecular weight excluding hydrogens is 210 g/mol. The molecule has 4 heteroatoms. The minimum atomic E-state index is -3.56. The molecule has 1 aromatic rings. The molecule has 0 saturated carbocycles. The lowest BCUT2D eigenvalue weighted by molar-refractivity contribution is 0.596. The van der Waals surface area contributed by atoms with Crippen molar-refractivity contribution in [1.82, 2.24) is 0 Å². The molecule has 0 aliphatic rings. The first-order valence-corrected chi connectivity index (χ1v) is 6.21. The summed E-state index contributed by atoms with van der Waals surface area (Å²) in [6.07, 6.45) is 2.79. The van der Waals surface area contributed by atoms with E-state index < -0.39 is 10.0 Å². The first-order valence-electron chi connectivity index (χ1n) is 4.66. The van der Waals surface area contributed by atoms with Crippen molar-refractivity contribution in [3.8, 4) is 0 Å². The molecule has 0 amide bonds. The maximum atomic E-state index is 11.2. The summed E-state index contributed by atoms with van der Waals surface area (Å²) in [5.41, 5.74) is 0.817. The highest BCUT2D eigenvalue weighted by molar-refractivity contribution is 7.89.